The zero-order chi connectivity index (χ0) is 13.7. The molecule has 0 saturated carbocycles. The first kappa shape index (κ1) is 13.1. The molecule has 0 fully saturated rings. The van der Waals surface area contributed by atoms with Crippen molar-refractivity contribution < 1.29 is 4.74 Å². The zero-order valence-electron chi connectivity index (χ0n) is 11.0. The molecule has 4 heteroatoms. The number of nitrogen functional groups attached to an aromatic ring is 2. The minimum Gasteiger partial charge on any atom is -0.492 e. The van der Waals surface area contributed by atoms with Crippen molar-refractivity contribution in [2.24, 2.45) is 0 Å². The molecule has 0 spiro atoms. The Hall–Kier alpha value is -2.36. The van der Waals surface area contributed by atoms with Crippen LogP contribution in [0.1, 0.15) is 5.56 Å². The highest BCUT2D eigenvalue weighted by Gasteiger charge is 1.97. The topological polar surface area (TPSA) is 73.3 Å². The van der Waals surface area contributed by atoms with Crippen LogP contribution in [0.2, 0.25) is 0 Å². The van der Waals surface area contributed by atoms with E-state index in [-0.39, 0.29) is 0 Å². The number of benzene rings is 2. The largest absolute Gasteiger partial charge is 0.492 e. The Balaban J connectivity index is 1.79. The number of aryl methyl sites for hydroxylation is 1. The molecule has 4 nitrogen and oxygen atoms in total. The van der Waals surface area contributed by atoms with Crippen LogP contribution in [0, 0.1) is 6.92 Å². The number of anilines is 3. The van der Waals surface area contributed by atoms with Crippen LogP contribution in [0.15, 0.2) is 42.5 Å². The number of hydrogen-bond acceptors (Lipinski definition) is 4. The van der Waals surface area contributed by atoms with Gasteiger partial charge in [0.1, 0.15) is 12.4 Å². The standard InChI is InChI=1S/C15H19N3O/c1-11-3-2-4-13(9-11)19-8-7-18-12-5-6-14(16)15(17)10-12/h2-6,9-10,18H,7-8,16-17H2,1H3. The van der Waals surface area contributed by atoms with Crippen molar-refractivity contribution in [3.05, 3.63) is 48.0 Å². The van der Waals surface area contributed by atoms with E-state index in [1.165, 1.54) is 5.56 Å². The van der Waals surface area contributed by atoms with E-state index < -0.39 is 0 Å². The molecule has 19 heavy (non-hydrogen) atoms. The van der Waals surface area contributed by atoms with Gasteiger partial charge in [-0.2, -0.15) is 0 Å². The molecule has 0 aliphatic rings. The molecule has 0 aromatic heterocycles. The maximum absolute atomic E-state index is 5.74. The summed E-state index contributed by atoms with van der Waals surface area (Å²) < 4.78 is 5.64. The molecule has 0 amide bonds. The fraction of sp³-hybridized carbons (Fsp3) is 0.200. The van der Waals surface area contributed by atoms with Gasteiger partial charge in [-0.05, 0) is 42.8 Å². The van der Waals surface area contributed by atoms with Crippen LogP contribution in [0.4, 0.5) is 17.1 Å². The molecule has 0 heterocycles. The maximum Gasteiger partial charge on any atom is 0.119 e. The van der Waals surface area contributed by atoms with Gasteiger partial charge in [0, 0.05) is 12.2 Å². The van der Waals surface area contributed by atoms with Crippen molar-refractivity contribution in [1.82, 2.24) is 0 Å². The summed E-state index contributed by atoms with van der Waals surface area (Å²) in [5.41, 5.74) is 14.7. The van der Waals surface area contributed by atoms with Crippen LogP contribution in [0.5, 0.6) is 5.75 Å². The molecule has 2 rings (SSSR count). The molecule has 0 atom stereocenters. The van der Waals surface area contributed by atoms with E-state index >= 15 is 0 Å². The highest BCUT2D eigenvalue weighted by Crippen LogP contribution is 2.19. The highest BCUT2D eigenvalue weighted by atomic mass is 16.5. The lowest BCUT2D eigenvalue weighted by atomic mass is 10.2. The quantitative estimate of drug-likeness (QED) is 0.568. The van der Waals surface area contributed by atoms with Gasteiger partial charge in [0.2, 0.25) is 0 Å². The average Bonchev–Trinajstić information content (AvgIpc) is 2.39. The minimum absolute atomic E-state index is 0.588. The fourth-order valence-corrected chi connectivity index (χ4v) is 1.75. The van der Waals surface area contributed by atoms with Crippen molar-refractivity contribution in [3.8, 4) is 5.75 Å². The van der Waals surface area contributed by atoms with Gasteiger partial charge in [-0.25, -0.2) is 0 Å². The van der Waals surface area contributed by atoms with Crippen LogP contribution in [0.25, 0.3) is 0 Å². The molecule has 100 valence electrons. The van der Waals surface area contributed by atoms with E-state index in [0.717, 1.165) is 11.4 Å². The van der Waals surface area contributed by atoms with Crippen molar-refractivity contribution >= 4 is 17.1 Å². The van der Waals surface area contributed by atoms with Gasteiger partial charge in [0.15, 0.2) is 0 Å². The second kappa shape index (κ2) is 6.00. The van der Waals surface area contributed by atoms with Gasteiger partial charge < -0.3 is 21.5 Å². The van der Waals surface area contributed by atoms with E-state index in [1.807, 2.05) is 43.3 Å². The zero-order valence-corrected chi connectivity index (χ0v) is 11.0. The minimum atomic E-state index is 0.588. The summed E-state index contributed by atoms with van der Waals surface area (Å²) in [7, 11) is 0. The maximum atomic E-state index is 5.74. The van der Waals surface area contributed by atoms with Crippen LogP contribution >= 0.6 is 0 Å². The molecule has 2 aromatic rings. The third-order valence-electron chi connectivity index (χ3n) is 2.78. The SMILES string of the molecule is Cc1cccc(OCCNc2ccc(N)c(N)c2)c1. The molecule has 5 N–H and O–H groups in total. The van der Waals surface area contributed by atoms with Crippen LogP contribution in [0.3, 0.4) is 0 Å². The van der Waals surface area contributed by atoms with Gasteiger partial charge in [-0.1, -0.05) is 12.1 Å². The van der Waals surface area contributed by atoms with Gasteiger partial charge in [-0.15, -0.1) is 0 Å². The summed E-state index contributed by atoms with van der Waals surface area (Å²) in [5, 5.41) is 3.24. The monoisotopic (exact) mass is 257 g/mol. The Labute approximate surface area is 113 Å². The molecule has 0 unspecified atom stereocenters. The second-order valence-electron chi connectivity index (χ2n) is 4.44. The molecular formula is C15H19N3O. The Bertz CT molecular complexity index is 555. The van der Waals surface area contributed by atoms with Gasteiger partial charge in [0.05, 0.1) is 11.4 Å². The summed E-state index contributed by atoms with van der Waals surface area (Å²) >= 11 is 0. The Morgan fingerprint density at radius 2 is 1.89 bits per heavy atom. The van der Waals surface area contributed by atoms with E-state index in [2.05, 4.69) is 5.32 Å². The van der Waals surface area contributed by atoms with Crippen LogP contribution in [-0.2, 0) is 0 Å². The van der Waals surface area contributed by atoms with E-state index in [4.69, 9.17) is 16.2 Å². The fourth-order valence-electron chi connectivity index (χ4n) is 1.75. The summed E-state index contributed by atoms with van der Waals surface area (Å²) in [6.45, 7) is 3.34. The third-order valence-corrected chi connectivity index (χ3v) is 2.78. The normalized spacial score (nSPS) is 10.2. The first-order valence-electron chi connectivity index (χ1n) is 6.23. The number of rotatable bonds is 5. The molecule has 0 saturated heterocycles. The molecule has 0 aliphatic carbocycles. The van der Waals surface area contributed by atoms with Gasteiger partial charge >= 0.3 is 0 Å². The summed E-state index contributed by atoms with van der Waals surface area (Å²) in [4.78, 5) is 0. The van der Waals surface area contributed by atoms with Crippen molar-refractivity contribution in [2.75, 3.05) is 29.9 Å². The van der Waals surface area contributed by atoms with E-state index in [1.54, 1.807) is 6.07 Å². The smallest absolute Gasteiger partial charge is 0.119 e. The molecule has 0 radical (unpaired) electrons. The Morgan fingerprint density at radius 1 is 1.05 bits per heavy atom. The van der Waals surface area contributed by atoms with Crippen molar-refractivity contribution in [2.45, 2.75) is 6.92 Å². The van der Waals surface area contributed by atoms with Crippen molar-refractivity contribution in [1.29, 1.82) is 0 Å². The van der Waals surface area contributed by atoms with Gasteiger partial charge in [0.25, 0.3) is 0 Å². The molecular weight excluding hydrogens is 238 g/mol. The Kier molecular flexibility index (Phi) is 4.13. The second-order valence-corrected chi connectivity index (χ2v) is 4.44. The predicted octanol–water partition coefficient (Wildman–Crippen LogP) is 2.65. The summed E-state index contributed by atoms with van der Waals surface area (Å²) in [6, 6.07) is 13.5. The van der Waals surface area contributed by atoms with Crippen LogP contribution < -0.4 is 21.5 Å². The van der Waals surface area contributed by atoms with E-state index in [0.29, 0.717) is 24.5 Å². The average molecular weight is 257 g/mol. The lowest BCUT2D eigenvalue weighted by molar-refractivity contribution is 0.332. The number of nitrogens with one attached hydrogen (secondary N) is 1. The lowest BCUT2D eigenvalue weighted by Crippen LogP contribution is -2.11. The molecule has 0 aliphatic heterocycles. The molecule has 2 aromatic carbocycles. The predicted molar refractivity (Wildman–Crippen MR) is 80.4 cm³/mol. The third kappa shape index (κ3) is 3.81. The first-order chi connectivity index (χ1) is 9.15. The van der Waals surface area contributed by atoms with Crippen LogP contribution in [-0.4, -0.2) is 13.2 Å². The van der Waals surface area contributed by atoms with Crippen molar-refractivity contribution in [3.63, 3.8) is 0 Å². The lowest BCUT2D eigenvalue weighted by Gasteiger charge is -2.10. The summed E-state index contributed by atoms with van der Waals surface area (Å²) in [5.74, 6) is 0.888. The number of nitrogens with two attached hydrogens (primary N) is 2. The highest BCUT2D eigenvalue weighted by molar-refractivity contribution is 5.69. The first-order valence-corrected chi connectivity index (χ1v) is 6.23. The molecule has 0 bridgehead atoms. The number of hydrogen-bond donors (Lipinski definition) is 3. The Morgan fingerprint density at radius 3 is 2.63 bits per heavy atom. The number of ether oxygens (including phenoxy) is 1. The summed E-state index contributed by atoms with van der Waals surface area (Å²) in [6.07, 6.45) is 0. The van der Waals surface area contributed by atoms with Gasteiger partial charge in [-0.3, -0.25) is 0 Å². The van der Waals surface area contributed by atoms with E-state index in [9.17, 15) is 0 Å².